The van der Waals surface area contributed by atoms with Gasteiger partial charge >= 0.3 is 11.8 Å². The number of nitrogens with one attached hydrogen (secondary N) is 3. The normalized spacial score (nSPS) is 10.5. The van der Waals surface area contributed by atoms with E-state index in [0.29, 0.717) is 53.2 Å². The summed E-state index contributed by atoms with van der Waals surface area (Å²) in [5.41, 5.74) is 3.81. The fourth-order valence-corrected chi connectivity index (χ4v) is 3.27. The van der Waals surface area contributed by atoms with Gasteiger partial charge in [-0.05, 0) is 85.6 Å². The van der Waals surface area contributed by atoms with E-state index in [9.17, 15) is 14.4 Å². The zero-order valence-electron chi connectivity index (χ0n) is 22.6. The molecule has 210 valence electrons. The van der Waals surface area contributed by atoms with Crippen molar-refractivity contribution in [3.63, 3.8) is 0 Å². The Balaban J connectivity index is 1.51. The van der Waals surface area contributed by atoms with Crippen molar-refractivity contribution >= 4 is 35.3 Å². The van der Waals surface area contributed by atoms with Gasteiger partial charge in [-0.15, -0.1) is 0 Å². The van der Waals surface area contributed by atoms with Gasteiger partial charge in [-0.2, -0.15) is 5.10 Å². The Morgan fingerprint density at radius 3 is 2.10 bits per heavy atom. The number of rotatable bonds is 13. The monoisotopic (exact) mass is 548 g/mol. The van der Waals surface area contributed by atoms with Crippen LogP contribution in [0.15, 0.2) is 71.8 Å². The molecule has 0 unspecified atom stereocenters. The smallest absolute Gasteiger partial charge is 0.329 e. The maximum absolute atomic E-state index is 12.3. The molecule has 3 amide bonds. The van der Waals surface area contributed by atoms with E-state index < -0.39 is 11.8 Å². The molecule has 0 aliphatic rings. The highest BCUT2D eigenvalue weighted by Crippen LogP contribution is 2.28. The maximum Gasteiger partial charge on any atom is 0.329 e. The lowest BCUT2D eigenvalue weighted by molar-refractivity contribution is -0.136. The van der Waals surface area contributed by atoms with Gasteiger partial charge in [0.15, 0.2) is 18.1 Å². The molecule has 0 radical (unpaired) electrons. The summed E-state index contributed by atoms with van der Waals surface area (Å²) in [6.45, 7) is 4.53. The van der Waals surface area contributed by atoms with Crippen LogP contribution in [-0.2, 0) is 14.4 Å². The largest absolute Gasteiger partial charge is 0.497 e. The van der Waals surface area contributed by atoms with Gasteiger partial charge in [0.1, 0.15) is 11.5 Å². The minimum Gasteiger partial charge on any atom is -0.497 e. The number of ether oxygens (including phenoxy) is 4. The summed E-state index contributed by atoms with van der Waals surface area (Å²) in [5, 5.41) is 9.08. The topological polar surface area (TPSA) is 137 Å². The Kier molecular flexibility index (Phi) is 11.3. The first-order valence-corrected chi connectivity index (χ1v) is 12.6. The molecular weight excluding hydrogens is 516 g/mol. The third-order valence-electron chi connectivity index (χ3n) is 5.17. The van der Waals surface area contributed by atoms with Gasteiger partial charge in [0, 0.05) is 11.4 Å². The van der Waals surface area contributed by atoms with Crippen LogP contribution in [0.3, 0.4) is 0 Å². The number of hydrogen-bond acceptors (Lipinski definition) is 8. The summed E-state index contributed by atoms with van der Waals surface area (Å²) in [4.78, 5) is 36.6. The quantitative estimate of drug-likeness (QED) is 0.167. The van der Waals surface area contributed by atoms with Crippen LogP contribution in [0.4, 0.5) is 11.4 Å². The molecule has 11 nitrogen and oxygen atoms in total. The summed E-state index contributed by atoms with van der Waals surface area (Å²) in [5.74, 6) is -0.0473. The highest BCUT2D eigenvalue weighted by molar-refractivity contribution is 6.39. The summed E-state index contributed by atoms with van der Waals surface area (Å²) < 4.78 is 21.9. The second-order valence-corrected chi connectivity index (χ2v) is 8.23. The van der Waals surface area contributed by atoms with Gasteiger partial charge in [0.2, 0.25) is 0 Å². The SMILES string of the molecule is CCCOc1ccc(NC(=O)C(=O)N/N=C\c2ccc(OCC(=O)Nc3ccc(OC)cc3)c(OCC)c2)cc1. The first-order chi connectivity index (χ1) is 19.4. The molecule has 3 aromatic carbocycles. The molecule has 0 atom stereocenters. The second kappa shape index (κ2) is 15.4. The first-order valence-electron chi connectivity index (χ1n) is 12.6. The van der Waals surface area contributed by atoms with Crippen molar-refractivity contribution in [1.82, 2.24) is 5.43 Å². The lowest BCUT2D eigenvalue weighted by Crippen LogP contribution is -2.32. The molecule has 0 saturated heterocycles. The highest BCUT2D eigenvalue weighted by Gasteiger charge is 2.13. The van der Waals surface area contributed by atoms with Crippen LogP contribution >= 0.6 is 0 Å². The number of carbonyl (C=O) groups is 3. The number of carbonyl (C=O) groups excluding carboxylic acids is 3. The van der Waals surface area contributed by atoms with E-state index >= 15 is 0 Å². The van der Waals surface area contributed by atoms with Gasteiger partial charge in [0.05, 0.1) is 26.5 Å². The van der Waals surface area contributed by atoms with Crippen LogP contribution in [0, 0.1) is 0 Å². The van der Waals surface area contributed by atoms with E-state index in [1.807, 2.05) is 13.8 Å². The number of benzene rings is 3. The van der Waals surface area contributed by atoms with E-state index in [1.54, 1.807) is 73.8 Å². The van der Waals surface area contributed by atoms with Crippen LogP contribution in [0.5, 0.6) is 23.0 Å². The van der Waals surface area contributed by atoms with Crippen molar-refractivity contribution in [1.29, 1.82) is 0 Å². The molecule has 3 N–H and O–H groups in total. The molecule has 0 aliphatic carbocycles. The third kappa shape index (κ3) is 9.35. The predicted octanol–water partition coefficient (Wildman–Crippen LogP) is 3.99. The van der Waals surface area contributed by atoms with Gasteiger partial charge in [-0.25, -0.2) is 5.43 Å². The molecule has 3 rings (SSSR count). The average Bonchev–Trinajstić information content (AvgIpc) is 2.97. The molecule has 0 heterocycles. The minimum atomic E-state index is -0.935. The van der Waals surface area contributed by atoms with Gasteiger partial charge in [-0.1, -0.05) is 6.92 Å². The van der Waals surface area contributed by atoms with Crippen LogP contribution in [0.2, 0.25) is 0 Å². The summed E-state index contributed by atoms with van der Waals surface area (Å²) in [6, 6.07) is 18.5. The summed E-state index contributed by atoms with van der Waals surface area (Å²) in [7, 11) is 1.57. The standard InChI is InChI=1S/C29H32N4O7/c1-4-16-39-24-13-9-22(10-14-24)32-28(35)29(36)33-30-18-20-6-15-25(26(17-20)38-5-2)40-19-27(34)31-21-7-11-23(37-3)12-8-21/h6-15,17-18H,4-5,16,19H2,1-3H3,(H,31,34)(H,32,35)(H,33,36)/b30-18-. The molecule has 3 aromatic rings. The predicted molar refractivity (Wildman–Crippen MR) is 151 cm³/mol. The lowest BCUT2D eigenvalue weighted by Gasteiger charge is -2.13. The van der Waals surface area contributed by atoms with E-state index in [-0.39, 0.29) is 12.5 Å². The minimum absolute atomic E-state index is 0.237. The van der Waals surface area contributed by atoms with Crippen molar-refractivity contribution in [2.24, 2.45) is 5.10 Å². The zero-order valence-corrected chi connectivity index (χ0v) is 22.6. The Bertz CT molecular complexity index is 1310. The molecule has 0 spiro atoms. The molecule has 0 saturated carbocycles. The number of methoxy groups -OCH3 is 1. The van der Waals surface area contributed by atoms with Crippen LogP contribution in [0.1, 0.15) is 25.8 Å². The molecule has 0 aliphatic heterocycles. The van der Waals surface area contributed by atoms with Crippen LogP contribution in [-0.4, -0.2) is 50.9 Å². The maximum atomic E-state index is 12.3. The average molecular weight is 549 g/mol. The van der Waals surface area contributed by atoms with E-state index in [0.717, 1.165) is 6.42 Å². The van der Waals surface area contributed by atoms with Crippen molar-refractivity contribution in [3.8, 4) is 23.0 Å². The lowest BCUT2D eigenvalue weighted by atomic mass is 10.2. The summed E-state index contributed by atoms with van der Waals surface area (Å²) >= 11 is 0. The van der Waals surface area contributed by atoms with Crippen LogP contribution in [0.25, 0.3) is 0 Å². The van der Waals surface area contributed by atoms with Crippen molar-refractivity contribution in [2.45, 2.75) is 20.3 Å². The Hall–Kier alpha value is -5.06. The van der Waals surface area contributed by atoms with E-state index in [4.69, 9.17) is 18.9 Å². The fourth-order valence-electron chi connectivity index (χ4n) is 3.27. The number of hydrogen-bond donors (Lipinski definition) is 3. The number of anilines is 2. The Morgan fingerprint density at radius 1 is 0.775 bits per heavy atom. The van der Waals surface area contributed by atoms with E-state index in [2.05, 4.69) is 21.2 Å². The number of amides is 3. The molecule has 0 aromatic heterocycles. The molecule has 40 heavy (non-hydrogen) atoms. The summed E-state index contributed by atoms with van der Waals surface area (Å²) in [6.07, 6.45) is 2.24. The number of nitrogens with zero attached hydrogens (tertiary/aromatic N) is 1. The zero-order chi connectivity index (χ0) is 28.7. The van der Waals surface area contributed by atoms with Crippen LogP contribution < -0.4 is 35.0 Å². The van der Waals surface area contributed by atoms with Crippen molar-refractivity contribution in [2.75, 3.05) is 37.6 Å². The highest BCUT2D eigenvalue weighted by atomic mass is 16.5. The van der Waals surface area contributed by atoms with Crippen molar-refractivity contribution < 1.29 is 33.3 Å². The van der Waals surface area contributed by atoms with E-state index in [1.165, 1.54) is 6.21 Å². The molecule has 11 heteroatoms. The molecule has 0 fully saturated rings. The third-order valence-corrected chi connectivity index (χ3v) is 5.17. The van der Waals surface area contributed by atoms with Gasteiger partial charge in [-0.3, -0.25) is 14.4 Å². The Morgan fingerprint density at radius 2 is 1.45 bits per heavy atom. The first kappa shape index (κ1) is 29.5. The Labute approximate surface area is 232 Å². The fraction of sp³-hybridized carbons (Fsp3) is 0.241. The van der Waals surface area contributed by atoms with Gasteiger partial charge < -0.3 is 29.6 Å². The van der Waals surface area contributed by atoms with Crippen molar-refractivity contribution in [3.05, 3.63) is 72.3 Å². The number of hydrazone groups is 1. The second-order valence-electron chi connectivity index (χ2n) is 8.23. The molecule has 0 bridgehead atoms. The molecular formula is C29H32N4O7. The van der Waals surface area contributed by atoms with Gasteiger partial charge in [0.25, 0.3) is 5.91 Å².